The third kappa shape index (κ3) is 14.4. The first-order chi connectivity index (χ1) is 9.31. The van der Waals surface area contributed by atoms with E-state index in [0.717, 1.165) is 6.08 Å². The summed E-state index contributed by atoms with van der Waals surface area (Å²) in [6.07, 6.45) is 2.53. The third-order valence-electron chi connectivity index (χ3n) is 1.79. The van der Waals surface area contributed by atoms with E-state index >= 15 is 0 Å². The zero-order chi connectivity index (χ0) is 14.2. The molecule has 7 heteroatoms. The maximum atomic E-state index is 10.7. The summed E-state index contributed by atoms with van der Waals surface area (Å²) in [5.74, 6) is -0.462. The van der Waals surface area contributed by atoms with E-state index in [9.17, 15) is 9.59 Å². The molecule has 0 aromatic rings. The first-order valence-electron chi connectivity index (χ1n) is 5.87. The number of ether oxygens (including phenoxy) is 4. The highest BCUT2D eigenvalue weighted by atomic mass is 16.6. The normalized spacial score (nSPS) is 9.68. The van der Waals surface area contributed by atoms with Crippen molar-refractivity contribution in [2.45, 2.75) is 0 Å². The van der Waals surface area contributed by atoms with Crippen molar-refractivity contribution in [3.8, 4) is 0 Å². The summed E-state index contributed by atoms with van der Waals surface area (Å²) in [7, 11) is 0. The third-order valence-corrected chi connectivity index (χ3v) is 1.79. The average Bonchev–Trinajstić information content (AvgIpc) is 2.43. The molecule has 0 aliphatic rings. The molecule has 19 heavy (non-hydrogen) atoms. The molecule has 0 radical (unpaired) electrons. The Morgan fingerprint density at radius 3 is 2.05 bits per heavy atom. The SMILES string of the molecule is C=CC(=O)OCCOCCOCCOCCN=C=O. The minimum Gasteiger partial charge on any atom is -0.460 e. The molecule has 7 nitrogen and oxygen atoms in total. The van der Waals surface area contributed by atoms with Crippen molar-refractivity contribution in [3.63, 3.8) is 0 Å². The highest BCUT2D eigenvalue weighted by molar-refractivity contribution is 5.81. The van der Waals surface area contributed by atoms with Gasteiger partial charge in [0.15, 0.2) is 0 Å². The maximum Gasteiger partial charge on any atom is 0.330 e. The van der Waals surface area contributed by atoms with Gasteiger partial charge in [-0.3, -0.25) is 0 Å². The van der Waals surface area contributed by atoms with Crippen LogP contribution in [0.3, 0.4) is 0 Å². The minimum absolute atomic E-state index is 0.200. The number of carbonyl (C=O) groups is 1. The Morgan fingerprint density at radius 2 is 1.53 bits per heavy atom. The predicted octanol–water partition coefficient (Wildman–Crippen LogP) is 0.101. The summed E-state index contributed by atoms with van der Waals surface area (Å²) in [5, 5.41) is 0. The van der Waals surface area contributed by atoms with Crippen LogP contribution in [-0.4, -0.2) is 64.8 Å². The Kier molecular flexibility index (Phi) is 13.4. The van der Waals surface area contributed by atoms with Crippen LogP contribution in [0.5, 0.6) is 0 Å². The summed E-state index contributed by atoms with van der Waals surface area (Å²) in [6, 6.07) is 0. The molecule has 0 spiro atoms. The van der Waals surface area contributed by atoms with Crippen molar-refractivity contribution in [1.29, 1.82) is 0 Å². The van der Waals surface area contributed by atoms with Gasteiger partial charge in [-0.25, -0.2) is 14.6 Å². The molecule has 0 aromatic carbocycles. The summed E-state index contributed by atoms with van der Waals surface area (Å²) in [5.41, 5.74) is 0. The molecule has 0 amide bonds. The number of aliphatic imine (C=N–C) groups is 1. The van der Waals surface area contributed by atoms with Gasteiger partial charge in [-0.15, -0.1) is 0 Å². The molecule has 0 heterocycles. The predicted molar refractivity (Wildman–Crippen MR) is 66.6 cm³/mol. The fourth-order valence-corrected chi connectivity index (χ4v) is 0.958. The highest BCUT2D eigenvalue weighted by Crippen LogP contribution is 1.84. The fourth-order valence-electron chi connectivity index (χ4n) is 0.958. The molecule has 0 aromatic heterocycles. The molecular weight excluding hydrogens is 254 g/mol. The van der Waals surface area contributed by atoms with Gasteiger partial charge < -0.3 is 18.9 Å². The number of hydrogen-bond donors (Lipinski definition) is 0. The van der Waals surface area contributed by atoms with E-state index in [2.05, 4.69) is 11.6 Å². The van der Waals surface area contributed by atoms with Crippen molar-refractivity contribution >= 4 is 12.0 Å². The van der Waals surface area contributed by atoms with Gasteiger partial charge in [0, 0.05) is 6.08 Å². The Balaban J connectivity index is 3.04. The van der Waals surface area contributed by atoms with Crippen molar-refractivity contribution in [2.24, 2.45) is 4.99 Å². The Bertz CT molecular complexity index is 288. The molecule has 108 valence electrons. The standard InChI is InChI=1S/C12H19NO6/c1-2-12(15)19-10-9-18-8-7-17-6-5-16-4-3-13-11-14/h2H,1,3-10H2. The molecule has 0 bridgehead atoms. The smallest absolute Gasteiger partial charge is 0.330 e. The molecule has 0 saturated heterocycles. The van der Waals surface area contributed by atoms with Crippen LogP contribution in [0.25, 0.3) is 0 Å². The number of rotatable bonds is 13. The van der Waals surface area contributed by atoms with Crippen molar-refractivity contribution < 1.29 is 28.5 Å². The van der Waals surface area contributed by atoms with Crippen LogP contribution in [-0.2, 0) is 28.5 Å². The van der Waals surface area contributed by atoms with Crippen LogP contribution in [0.2, 0.25) is 0 Å². The van der Waals surface area contributed by atoms with Gasteiger partial charge in [-0.05, 0) is 0 Å². The molecule has 0 saturated carbocycles. The second kappa shape index (κ2) is 14.5. The lowest BCUT2D eigenvalue weighted by Gasteiger charge is -2.06. The van der Waals surface area contributed by atoms with Gasteiger partial charge in [0.1, 0.15) is 6.61 Å². The van der Waals surface area contributed by atoms with Crippen molar-refractivity contribution in [2.75, 3.05) is 52.8 Å². The maximum absolute atomic E-state index is 10.7. The molecule has 0 unspecified atom stereocenters. The van der Waals surface area contributed by atoms with E-state index in [1.165, 1.54) is 6.08 Å². The number of hydrogen-bond acceptors (Lipinski definition) is 7. The van der Waals surface area contributed by atoms with Crippen LogP contribution < -0.4 is 0 Å². The number of nitrogens with zero attached hydrogens (tertiary/aromatic N) is 1. The van der Waals surface area contributed by atoms with E-state index in [1.807, 2.05) is 0 Å². The molecular formula is C12H19NO6. The lowest BCUT2D eigenvalue weighted by Crippen LogP contribution is -2.13. The molecule has 0 N–H and O–H groups in total. The van der Waals surface area contributed by atoms with Gasteiger partial charge in [0.2, 0.25) is 6.08 Å². The van der Waals surface area contributed by atoms with Crippen LogP contribution >= 0.6 is 0 Å². The van der Waals surface area contributed by atoms with Gasteiger partial charge in [0.25, 0.3) is 0 Å². The number of carbonyl (C=O) groups excluding carboxylic acids is 2. The van der Waals surface area contributed by atoms with Crippen LogP contribution in [0.4, 0.5) is 0 Å². The second-order valence-electron chi connectivity index (χ2n) is 3.18. The second-order valence-corrected chi connectivity index (χ2v) is 3.18. The van der Waals surface area contributed by atoms with Crippen LogP contribution in [0.15, 0.2) is 17.6 Å². The fraction of sp³-hybridized carbons (Fsp3) is 0.667. The number of isocyanates is 1. The van der Waals surface area contributed by atoms with E-state index in [1.54, 1.807) is 0 Å². The van der Waals surface area contributed by atoms with Crippen molar-refractivity contribution in [1.82, 2.24) is 0 Å². The molecule has 0 aliphatic heterocycles. The topological polar surface area (TPSA) is 83.4 Å². The molecule has 0 fully saturated rings. The summed E-state index contributed by atoms with van der Waals surface area (Å²) >= 11 is 0. The van der Waals surface area contributed by atoms with Gasteiger partial charge in [0.05, 0.1) is 46.2 Å². The Hall–Kier alpha value is -1.53. The quantitative estimate of drug-likeness (QED) is 0.156. The van der Waals surface area contributed by atoms with Crippen molar-refractivity contribution in [3.05, 3.63) is 12.7 Å². The van der Waals surface area contributed by atoms with E-state index in [0.29, 0.717) is 46.2 Å². The largest absolute Gasteiger partial charge is 0.460 e. The zero-order valence-corrected chi connectivity index (χ0v) is 10.8. The summed E-state index contributed by atoms with van der Waals surface area (Å²) < 4.78 is 20.2. The average molecular weight is 273 g/mol. The Morgan fingerprint density at radius 1 is 1.00 bits per heavy atom. The van der Waals surface area contributed by atoms with E-state index < -0.39 is 5.97 Å². The number of esters is 1. The minimum atomic E-state index is -0.462. The monoisotopic (exact) mass is 273 g/mol. The molecule has 0 aliphatic carbocycles. The lowest BCUT2D eigenvalue weighted by atomic mass is 10.6. The first-order valence-corrected chi connectivity index (χ1v) is 5.87. The van der Waals surface area contributed by atoms with Crippen LogP contribution in [0, 0.1) is 0 Å². The van der Waals surface area contributed by atoms with E-state index in [-0.39, 0.29) is 6.61 Å². The Labute approximate surface area is 112 Å². The molecule has 0 atom stereocenters. The van der Waals surface area contributed by atoms with Gasteiger partial charge in [-0.2, -0.15) is 0 Å². The summed E-state index contributed by atoms with van der Waals surface area (Å²) in [6.45, 7) is 6.22. The summed E-state index contributed by atoms with van der Waals surface area (Å²) in [4.78, 5) is 23.7. The van der Waals surface area contributed by atoms with E-state index in [4.69, 9.17) is 18.9 Å². The van der Waals surface area contributed by atoms with Gasteiger partial charge >= 0.3 is 5.97 Å². The van der Waals surface area contributed by atoms with Gasteiger partial charge in [-0.1, -0.05) is 6.58 Å². The first kappa shape index (κ1) is 17.5. The van der Waals surface area contributed by atoms with Crippen LogP contribution in [0.1, 0.15) is 0 Å². The highest BCUT2D eigenvalue weighted by Gasteiger charge is 1.95. The lowest BCUT2D eigenvalue weighted by molar-refractivity contribution is -0.139. The zero-order valence-electron chi connectivity index (χ0n) is 10.8. The molecule has 0 rings (SSSR count).